The molecule has 1 N–H and O–H groups in total. The van der Waals surface area contributed by atoms with Gasteiger partial charge in [-0.1, -0.05) is 18.2 Å². The van der Waals surface area contributed by atoms with Gasteiger partial charge in [-0.3, -0.25) is 4.98 Å². The van der Waals surface area contributed by atoms with Crippen molar-refractivity contribution in [2.24, 2.45) is 0 Å². The van der Waals surface area contributed by atoms with Crippen LogP contribution in [0.25, 0.3) is 0 Å². The highest BCUT2D eigenvalue weighted by Crippen LogP contribution is 2.32. The van der Waals surface area contributed by atoms with E-state index in [0.717, 1.165) is 29.8 Å². The van der Waals surface area contributed by atoms with Gasteiger partial charge in [0.05, 0.1) is 11.9 Å². The van der Waals surface area contributed by atoms with Crippen molar-refractivity contribution in [2.45, 2.75) is 39.2 Å². The Morgan fingerprint density at radius 3 is 2.60 bits per heavy atom. The van der Waals surface area contributed by atoms with E-state index in [4.69, 9.17) is 9.47 Å². The van der Waals surface area contributed by atoms with Gasteiger partial charge in [-0.2, -0.15) is 0 Å². The van der Waals surface area contributed by atoms with Crippen molar-refractivity contribution in [3.05, 3.63) is 53.6 Å². The van der Waals surface area contributed by atoms with Crippen molar-refractivity contribution in [3.63, 3.8) is 0 Å². The SMILES string of the molecule is CNC(=O)OC(C)(C)C.Fc1cnc2c(c1)Oc1ccccc1CC2. The zero-order chi connectivity index (χ0) is 18.4. The first kappa shape index (κ1) is 18.7. The summed E-state index contributed by atoms with van der Waals surface area (Å²) >= 11 is 0. The highest BCUT2D eigenvalue weighted by molar-refractivity contribution is 5.67. The maximum absolute atomic E-state index is 13.1. The normalized spacial score (nSPS) is 12.4. The van der Waals surface area contributed by atoms with Crippen LogP contribution in [0.5, 0.6) is 11.5 Å². The Labute approximate surface area is 147 Å². The first-order chi connectivity index (χ1) is 11.8. The number of hydrogen-bond acceptors (Lipinski definition) is 4. The fourth-order valence-corrected chi connectivity index (χ4v) is 2.24. The molecule has 6 heteroatoms. The van der Waals surface area contributed by atoms with E-state index < -0.39 is 0 Å². The van der Waals surface area contributed by atoms with Gasteiger partial charge in [0.25, 0.3) is 0 Å². The second-order valence-electron chi connectivity index (χ2n) is 6.56. The van der Waals surface area contributed by atoms with Gasteiger partial charge in [-0.15, -0.1) is 0 Å². The zero-order valence-electron chi connectivity index (χ0n) is 14.9. The number of hydrogen-bond donors (Lipinski definition) is 1. The molecule has 0 unspecified atom stereocenters. The Morgan fingerprint density at radius 2 is 1.96 bits per heavy atom. The summed E-state index contributed by atoms with van der Waals surface area (Å²) in [6.07, 6.45) is 2.51. The predicted octanol–water partition coefficient (Wildman–Crippen LogP) is 4.25. The monoisotopic (exact) mass is 346 g/mol. The van der Waals surface area contributed by atoms with Crippen LogP contribution in [-0.4, -0.2) is 23.7 Å². The average molecular weight is 346 g/mol. The van der Waals surface area contributed by atoms with Crippen molar-refractivity contribution in [1.82, 2.24) is 10.3 Å². The Morgan fingerprint density at radius 1 is 1.24 bits per heavy atom. The molecule has 3 rings (SSSR count). The minimum atomic E-state index is -0.389. The molecule has 25 heavy (non-hydrogen) atoms. The number of fused-ring (bicyclic) bond motifs is 2. The third-order valence-electron chi connectivity index (χ3n) is 3.32. The van der Waals surface area contributed by atoms with Gasteiger partial charge in [-0.25, -0.2) is 9.18 Å². The Kier molecular flexibility index (Phi) is 5.96. The number of aromatic nitrogens is 1. The van der Waals surface area contributed by atoms with Gasteiger partial charge in [0.1, 0.15) is 17.2 Å². The molecule has 5 nitrogen and oxygen atoms in total. The minimum absolute atomic E-state index is 0.363. The summed E-state index contributed by atoms with van der Waals surface area (Å²) in [4.78, 5) is 14.6. The number of ether oxygens (including phenoxy) is 2. The number of rotatable bonds is 0. The number of amides is 1. The van der Waals surface area contributed by atoms with Crippen LogP contribution in [0, 0.1) is 5.82 Å². The third kappa shape index (κ3) is 5.74. The minimum Gasteiger partial charge on any atom is -0.455 e. The van der Waals surface area contributed by atoms with Gasteiger partial charge >= 0.3 is 6.09 Å². The molecule has 134 valence electrons. The Bertz CT molecular complexity index is 742. The number of aryl methyl sites for hydroxylation is 2. The number of halogens is 1. The molecule has 0 radical (unpaired) electrons. The number of para-hydroxylation sites is 1. The molecule has 0 spiro atoms. The molecule has 0 aliphatic carbocycles. The van der Waals surface area contributed by atoms with Gasteiger partial charge in [0, 0.05) is 13.1 Å². The number of carbonyl (C=O) groups is 1. The molecule has 1 amide bonds. The fraction of sp³-hybridized carbons (Fsp3) is 0.368. The molecule has 2 heterocycles. The maximum Gasteiger partial charge on any atom is 0.407 e. The topological polar surface area (TPSA) is 60.5 Å². The van der Waals surface area contributed by atoms with Crippen LogP contribution in [0.3, 0.4) is 0 Å². The standard InChI is InChI=1S/C13H10FNO.C6H13NO2/c14-10-7-13-11(15-8-10)6-5-9-3-1-2-4-12(9)16-13;1-6(2,3)9-5(8)7-4/h1-4,7-8H,5-6H2;1-4H3,(H,7,8). The molecule has 2 aromatic rings. The maximum atomic E-state index is 13.1. The second kappa shape index (κ2) is 7.96. The average Bonchev–Trinajstić information content (AvgIpc) is 2.72. The van der Waals surface area contributed by atoms with Crippen molar-refractivity contribution in [1.29, 1.82) is 0 Å². The Hall–Kier alpha value is -2.63. The first-order valence-corrected chi connectivity index (χ1v) is 8.09. The summed E-state index contributed by atoms with van der Waals surface area (Å²) in [6.45, 7) is 5.46. The van der Waals surface area contributed by atoms with E-state index in [2.05, 4.69) is 10.3 Å². The number of benzene rings is 1. The lowest BCUT2D eigenvalue weighted by molar-refractivity contribution is 0.0541. The number of alkyl carbamates (subject to hydrolysis) is 1. The molecule has 0 bridgehead atoms. The molecule has 1 aromatic carbocycles. The molecule has 0 saturated heterocycles. The first-order valence-electron chi connectivity index (χ1n) is 8.09. The molecule has 0 atom stereocenters. The molecule has 0 fully saturated rings. The van der Waals surface area contributed by atoms with E-state index in [1.54, 1.807) is 0 Å². The zero-order valence-corrected chi connectivity index (χ0v) is 14.9. The number of carbonyl (C=O) groups excluding carboxylic acids is 1. The molecular weight excluding hydrogens is 323 g/mol. The van der Waals surface area contributed by atoms with Crippen molar-refractivity contribution in [3.8, 4) is 11.5 Å². The van der Waals surface area contributed by atoms with Crippen LogP contribution < -0.4 is 10.1 Å². The number of pyridine rings is 1. The number of nitrogens with one attached hydrogen (secondary N) is 1. The summed E-state index contributed by atoms with van der Waals surface area (Å²) < 4.78 is 23.6. The number of nitrogens with zero attached hydrogens (tertiary/aromatic N) is 1. The summed E-state index contributed by atoms with van der Waals surface area (Å²) in [6, 6.07) is 9.21. The van der Waals surface area contributed by atoms with Gasteiger partial charge in [0.2, 0.25) is 0 Å². The third-order valence-corrected chi connectivity index (χ3v) is 3.32. The molecular formula is C19H23FN2O3. The summed E-state index contributed by atoms with van der Waals surface area (Å²) in [5.74, 6) is 0.969. The van der Waals surface area contributed by atoms with E-state index in [1.165, 1.54) is 19.3 Å². The largest absolute Gasteiger partial charge is 0.455 e. The highest BCUT2D eigenvalue weighted by atomic mass is 19.1. The lowest BCUT2D eigenvalue weighted by Gasteiger charge is -2.18. The molecule has 1 aromatic heterocycles. The summed E-state index contributed by atoms with van der Waals surface area (Å²) in [7, 11) is 1.54. The van der Waals surface area contributed by atoms with E-state index in [9.17, 15) is 9.18 Å². The van der Waals surface area contributed by atoms with E-state index in [0.29, 0.717) is 5.75 Å². The Balaban J connectivity index is 0.000000217. The summed E-state index contributed by atoms with van der Waals surface area (Å²) in [5.41, 5.74) is 1.57. The predicted molar refractivity (Wildman–Crippen MR) is 93.4 cm³/mol. The van der Waals surface area contributed by atoms with Gasteiger partial charge < -0.3 is 14.8 Å². The lowest BCUT2D eigenvalue weighted by Crippen LogP contribution is -2.30. The van der Waals surface area contributed by atoms with E-state index >= 15 is 0 Å². The van der Waals surface area contributed by atoms with Crippen LogP contribution in [-0.2, 0) is 17.6 Å². The molecule has 0 saturated carbocycles. The van der Waals surface area contributed by atoms with Crippen molar-refractivity contribution >= 4 is 6.09 Å². The van der Waals surface area contributed by atoms with Crippen LogP contribution in [0.15, 0.2) is 36.5 Å². The van der Waals surface area contributed by atoms with Gasteiger partial charge in [-0.05, 0) is 45.2 Å². The van der Waals surface area contributed by atoms with Crippen LogP contribution >= 0.6 is 0 Å². The summed E-state index contributed by atoms with van der Waals surface area (Å²) in [5, 5.41) is 2.36. The second-order valence-corrected chi connectivity index (χ2v) is 6.56. The van der Waals surface area contributed by atoms with E-state index in [1.807, 2.05) is 45.0 Å². The fourth-order valence-electron chi connectivity index (χ4n) is 2.24. The van der Waals surface area contributed by atoms with E-state index in [-0.39, 0.29) is 17.5 Å². The van der Waals surface area contributed by atoms with Crippen molar-refractivity contribution < 1.29 is 18.7 Å². The molecule has 1 aliphatic rings. The smallest absolute Gasteiger partial charge is 0.407 e. The lowest BCUT2D eigenvalue weighted by atomic mass is 10.1. The van der Waals surface area contributed by atoms with Crippen molar-refractivity contribution in [2.75, 3.05) is 7.05 Å². The quantitative estimate of drug-likeness (QED) is 0.774. The van der Waals surface area contributed by atoms with Gasteiger partial charge in [0.15, 0.2) is 5.75 Å². The molecule has 1 aliphatic heterocycles. The van der Waals surface area contributed by atoms with Crippen LogP contribution in [0.1, 0.15) is 32.0 Å². The highest BCUT2D eigenvalue weighted by Gasteiger charge is 2.16. The van der Waals surface area contributed by atoms with Crippen LogP contribution in [0.2, 0.25) is 0 Å². The van der Waals surface area contributed by atoms with Crippen LogP contribution in [0.4, 0.5) is 9.18 Å².